The number of halogens is 1. The average molecular weight is 291 g/mol. The van der Waals surface area contributed by atoms with Crippen LogP contribution in [0.25, 0.3) is 0 Å². The lowest BCUT2D eigenvalue weighted by Crippen LogP contribution is -2.13. The lowest BCUT2D eigenvalue weighted by Gasteiger charge is -2.15. The van der Waals surface area contributed by atoms with Crippen molar-refractivity contribution in [3.63, 3.8) is 0 Å². The summed E-state index contributed by atoms with van der Waals surface area (Å²) < 4.78 is 5.58. The quantitative estimate of drug-likeness (QED) is 0.909. The van der Waals surface area contributed by atoms with Crippen LogP contribution in [0.2, 0.25) is 5.02 Å². The average Bonchev–Trinajstić information content (AvgIpc) is 2.45. The second-order valence-electron chi connectivity index (χ2n) is 4.81. The molecular weight excluding hydrogens is 272 g/mol. The number of nitrogens with zero attached hydrogens (tertiary/aromatic N) is 1. The lowest BCUT2D eigenvalue weighted by atomic mass is 10.00. The van der Waals surface area contributed by atoms with Crippen LogP contribution >= 0.6 is 11.6 Å². The molecule has 1 unspecified atom stereocenters. The minimum atomic E-state index is -0.305. The fraction of sp³-hybridized carbons (Fsp3) is 0.312. The van der Waals surface area contributed by atoms with Gasteiger partial charge in [0.1, 0.15) is 5.75 Å². The van der Waals surface area contributed by atoms with Gasteiger partial charge in [0.2, 0.25) is 0 Å². The van der Waals surface area contributed by atoms with Gasteiger partial charge in [0.15, 0.2) is 0 Å². The first-order chi connectivity index (χ1) is 9.61. The van der Waals surface area contributed by atoms with Gasteiger partial charge < -0.3 is 10.5 Å². The lowest BCUT2D eigenvalue weighted by molar-refractivity contribution is 0.315. The van der Waals surface area contributed by atoms with Crippen LogP contribution in [-0.2, 0) is 0 Å². The minimum Gasteiger partial charge on any atom is -0.492 e. The molecule has 2 rings (SSSR count). The van der Waals surface area contributed by atoms with Crippen LogP contribution in [0.3, 0.4) is 0 Å². The monoisotopic (exact) mass is 290 g/mol. The maximum atomic E-state index is 6.28. The zero-order valence-electron chi connectivity index (χ0n) is 11.8. The molecular formula is C16H19ClN2O. The first-order valence-electron chi connectivity index (χ1n) is 6.71. The number of hydrogen-bond donors (Lipinski definition) is 1. The molecule has 0 fully saturated rings. The van der Waals surface area contributed by atoms with E-state index in [4.69, 9.17) is 22.1 Å². The van der Waals surface area contributed by atoms with E-state index in [-0.39, 0.29) is 6.04 Å². The Morgan fingerprint density at radius 2 is 2.10 bits per heavy atom. The molecule has 0 spiro atoms. The van der Waals surface area contributed by atoms with Crippen molar-refractivity contribution in [1.82, 2.24) is 4.98 Å². The number of hydrogen-bond acceptors (Lipinski definition) is 3. The highest BCUT2D eigenvalue weighted by Crippen LogP contribution is 2.28. The van der Waals surface area contributed by atoms with Crippen LogP contribution in [0.1, 0.15) is 36.1 Å². The maximum Gasteiger partial charge on any atom is 0.137 e. The highest BCUT2D eigenvalue weighted by atomic mass is 35.5. The number of rotatable bonds is 5. The Balaban J connectivity index is 2.26. The molecule has 3 nitrogen and oxygen atoms in total. The van der Waals surface area contributed by atoms with Crippen molar-refractivity contribution in [2.45, 2.75) is 26.3 Å². The molecule has 0 saturated heterocycles. The van der Waals surface area contributed by atoms with Crippen molar-refractivity contribution in [2.75, 3.05) is 6.61 Å². The maximum absolute atomic E-state index is 6.28. The van der Waals surface area contributed by atoms with Crippen molar-refractivity contribution in [1.29, 1.82) is 0 Å². The Kier molecular flexibility index (Phi) is 4.99. The van der Waals surface area contributed by atoms with Gasteiger partial charge in [0.05, 0.1) is 18.8 Å². The van der Waals surface area contributed by atoms with Gasteiger partial charge >= 0.3 is 0 Å². The van der Waals surface area contributed by atoms with Gasteiger partial charge in [0.25, 0.3) is 0 Å². The highest BCUT2D eigenvalue weighted by Gasteiger charge is 2.13. The van der Waals surface area contributed by atoms with Crippen LogP contribution in [-0.4, -0.2) is 11.6 Å². The van der Waals surface area contributed by atoms with Crippen molar-refractivity contribution < 1.29 is 4.74 Å². The first-order valence-corrected chi connectivity index (χ1v) is 7.09. The van der Waals surface area contributed by atoms with Crippen LogP contribution in [0.5, 0.6) is 5.75 Å². The van der Waals surface area contributed by atoms with E-state index in [1.54, 1.807) is 12.4 Å². The largest absolute Gasteiger partial charge is 0.492 e. The van der Waals surface area contributed by atoms with Gasteiger partial charge in [-0.25, -0.2) is 0 Å². The molecule has 0 aliphatic heterocycles. The van der Waals surface area contributed by atoms with Gasteiger partial charge in [-0.05, 0) is 42.2 Å². The normalized spacial score (nSPS) is 12.2. The second-order valence-corrected chi connectivity index (χ2v) is 5.21. The number of aromatic nitrogens is 1. The van der Waals surface area contributed by atoms with E-state index in [0.29, 0.717) is 11.6 Å². The minimum absolute atomic E-state index is 0.305. The van der Waals surface area contributed by atoms with Crippen LogP contribution in [0.4, 0.5) is 0 Å². The Morgan fingerprint density at radius 3 is 2.80 bits per heavy atom. The molecule has 0 bridgehead atoms. The van der Waals surface area contributed by atoms with Gasteiger partial charge in [0, 0.05) is 11.2 Å². The van der Waals surface area contributed by atoms with E-state index in [2.05, 4.69) is 11.9 Å². The SMILES string of the molecule is CCCOc1cncc(C(N)c2ccc(C)cc2Cl)c1. The van der Waals surface area contributed by atoms with Crippen molar-refractivity contribution in [2.24, 2.45) is 5.73 Å². The molecule has 1 aromatic heterocycles. The third-order valence-corrected chi connectivity index (χ3v) is 3.38. The summed E-state index contributed by atoms with van der Waals surface area (Å²) in [6.07, 6.45) is 4.41. The van der Waals surface area contributed by atoms with Crippen molar-refractivity contribution in [3.8, 4) is 5.75 Å². The van der Waals surface area contributed by atoms with E-state index in [9.17, 15) is 0 Å². The topological polar surface area (TPSA) is 48.1 Å². The fourth-order valence-corrected chi connectivity index (χ4v) is 2.32. The highest BCUT2D eigenvalue weighted by molar-refractivity contribution is 6.31. The van der Waals surface area contributed by atoms with Crippen molar-refractivity contribution >= 4 is 11.6 Å². The third kappa shape index (κ3) is 3.50. The summed E-state index contributed by atoms with van der Waals surface area (Å²) in [7, 11) is 0. The van der Waals surface area contributed by atoms with Gasteiger partial charge in [-0.2, -0.15) is 0 Å². The zero-order chi connectivity index (χ0) is 14.5. The smallest absolute Gasteiger partial charge is 0.137 e. The van der Waals surface area contributed by atoms with Crippen LogP contribution in [0.15, 0.2) is 36.7 Å². The first kappa shape index (κ1) is 14.8. The predicted octanol–water partition coefficient (Wildman–Crippen LogP) is 3.88. The standard InChI is InChI=1S/C16H19ClN2O/c1-3-6-20-13-8-12(9-19-10-13)16(18)14-5-4-11(2)7-15(14)17/h4-5,7-10,16H,3,6,18H2,1-2H3. The molecule has 0 amide bonds. The number of benzene rings is 1. The molecule has 0 saturated carbocycles. The molecule has 0 radical (unpaired) electrons. The molecule has 20 heavy (non-hydrogen) atoms. The molecule has 106 valence electrons. The Morgan fingerprint density at radius 1 is 1.30 bits per heavy atom. The molecule has 2 aromatic rings. The molecule has 0 aliphatic carbocycles. The number of ether oxygens (including phenoxy) is 1. The zero-order valence-corrected chi connectivity index (χ0v) is 12.5. The second kappa shape index (κ2) is 6.73. The number of nitrogens with two attached hydrogens (primary N) is 1. The number of aryl methyl sites for hydroxylation is 1. The summed E-state index contributed by atoms with van der Waals surface area (Å²) in [5.41, 5.74) is 9.19. The Bertz CT molecular complexity index is 586. The molecule has 1 heterocycles. The summed E-state index contributed by atoms with van der Waals surface area (Å²) >= 11 is 6.27. The van der Waals surface area contributed by atoms with Gasteiger partial charge in [-0.3, -0.25) is 4.98 Å². The van der Waals surface area contributed by atoms with E-state index in [1.165, 1.54) is 0 Å². The number of pyridine rings is 1. The molecule has 4 heteroatoms. The van der Waals surface area contributed by atoms with Crippen LogP contribution < -0.4 is 10.5 Å². The predicted molar refractivity (Wildman–Crippen MR) is 82.2 cm³/mol. The van der Waals surface area contributed by atoms with E-state index in [1.807, 2.05) is 31.2 Å². The Labute approximate surface area is 124 Å². The third-order valence-electron chi connectivity index (χ3n) is 3.06. The van der Waals surface area contributed by atoms with Gasteiger partial charge in [-0.15, -0.1) is 0 Å². The summed E-state index contributed by atoms with van der Waals surface area (Å²) in [5, 5.41) is 0.678. The summed E-state index contributed by atoms with van der Waals surface area (Å²) in [6, 6.07) is 7.50. The van der Waals surface area contributed by atoms with Crippen molar-refractivity contribution in [3.05, 3.63) is 58.4 Å². The summed E-state index contributed by atoms with van der Waals surface area (Å²) in [6.45, 7) is 4.74. The summed E-state index contributed by atoms with van der Waals surface area (Å²) in [5.74, 6) is 0.739. The molecule has 1 aromatic carbocycles. The molecule has 2 N–H and O–H groups in total. The molecule has 0 aliphatic rings. The van der Waals surface area contributed by atoms with Gasteiger partial charge in [-0.1, -0.05) is 30.7 Å². The van der Waals surface area contributed by atoms with Crippen LogP contribution in [0, 0.1) is 6.92 Å². The summed E-state index contributed by atoms with van der Waals surface area (Å²) in [4.78, 5) is 4.18. The van der Waals surface area contributed by atoms with E-state index < -0.39 is 0 Å². The van der Waals surface area contributed by atoms with E-state index in [0.717, 1.165) is 28.9 Å². The molecule has 1 atom stereocenters. The Hall–Kier alpha value is -1.58. The van der Waals surface area contributed by atoms with E-state index >= 15 is 0 Å². The fourth-order valence-electron chi connectivity index (χ4n) is 1.97.